The van der Waals surface area contributed by atoms with Crippen LogP contribution in [-0.2, 0) is 5.88 Å². The lowest BCUT2D eigenvalue weighted by molar-refractivity contribution is 0.144. The van der Waals surface area contributed by atoms with Crippen LogP contribution in [0.15, 0.2) is 6.07 Å². The topological polar surface area (TPSA) is 33.1 Å². The molecule has 0 amide bonds. The lowest BCUT2D eigenvalue weighted by Gasteiger charge is -2.06. The van der Waals surface area contributed by atoms with Crippen molar-refractivity contribution in [2.45, 2.75) is 12.3 Å². The second kappa shape index (κ2) is 4.36. The summed E-state index contributed by atoms with van der Waals surface area (Å²) in [5.74, 6) is -0.211. The number of hydrogen-bond donors (Lipinski definition) is 1. The van der Waals surface area contributed by atoms with E-state index in [0.29, 0.717) is 0 Å². The van der Waals surface area contributed by atoms with Gasteiger partial charge >= 0.3 is 0 Å². The number of pyridine rings is 1. The highest BCUT2D eigenvalue weighted by atomic mass is 127. The Kier molecular flexibility index (Phi) is 3.66. The molecule has 0 bridgehead atoms. The Balaban J connectivity index is 3.25. The Labute approximate surface area is 92.1 Å². The molecule has 13 heavy (non-hydrogen) atoms. The van der Waals surface area contributed by atoms with Gasteiger partial charge in [-0.05, 0) is 34.2 Å². The van der Waals surface area contributed by atoms with E-state index in [4.69, 9.17) is 16.7 Å². The summed E-state index contributed by atoms with van der Waals surface area (Å²) >= 11 is 7.09. The van der Waals surface area contributed by atoms with E-state index in [2.05, 4.69) is 4.98 Å². The van der Waals surface area contributed by atoms with Crippen molar-refractivity contribution >= 4 is 34.2 Å². The highest BCUT2D eigenvalue weighted by Gasteiger charge is 2.16. The zero-order chi connectivity index (χ0) is 10.0. The number of halogens is 4. The zero-order valence-electron chi connectivity index (χ0n) is 6.27. The van der Waals surface area contributed by atoms with Crippen molar-refractivity contribution in [1.82, 2.24) is 4.98 Å². The van der Waals surface area contributed by atoms with Crippen LogP contribution in [0.25, 0.3) is 0 Å². The van der Waals surface area contributed by atoms with Gasteiger partial charge in [-0.2, -0.15) is 0 Å². The molecular weight excluding hydrogens is 314 g/mol. The summed E-state index contributed by atoms with van der Waals surface area (Å²) < 4.78 is 24.8. The van der Waals surface area contributed by atoms with E-state index in [1.165, 1.54) is 6.07 Å². The largest absolute Gasteiger partial charge is 0.505 e. The first-order chi connectivity index (χ1) is 6.06. The van der Waals surface area contributed by atoms with Crippen LogP contribution in [0.3, 0.4) is 0 Å². The van der Waals surface area contributed by atoms with E-state index in [0.717, 1.165) is 0 Å². The summed E-state index contributed by atoms with van der Waals surface area (Å²) in [6.07, 6.45) is -2.66. The Bertz CT molecular complexity index is 322. The highest BCUT2D eigenvalue weighted by Crippen LogP contribution is 2.28. The van der Waals surface area contributed by atoms with E-state index in [-0.39, 0.29) is 26.6 Å². The molecule has 0 spiro atoms. The first-order valence-electron chi connectivity index (χ1n) is 3.28. The lowest BCUT2D eigenvalue weighted by Crippen LogP contribution is -1.98. The fraction of sp³-hybridized carbons (Fsp3) is 0.286. The molecule has 0 aromatic carbocycles. The van der Waals surface area contributed by atoms with Gasteiger partial charge in [0, 0.05) is 5.88 Å². The quantitative estimate of drug-likeness (QED) is 0.516. The van der Waals surface area contributed by atoms with Crippen LogP contribution in [0.4, 0.5) is 8.78 Å². The van der Waals surface area contributed by atoms with E-state index >= 15 is 0 Å². The maximum absolute atomic E-state index is 12.3. The minimum Gasteiger partial charge on any atom is -0.505 e. The van der Waals surface area contributed by atoms with Crippen molar-refractivity contribution in [3.63, 3.8) is 0 Å². The maximum Gasteiger partial charge on any atom is 0.280 e. The molecule has 0 aliphatic rings. The number of nitrogens with zero attached hydrogens (tertiary/aromatic N) is 1. The number of aromatic nitrogens is 1. The zero-order valence-corrected chi connectivity index (χ0v) is 9.18. The van der Waals surface area contributed by atoms with Crippen molar-refractivity contribution in [2.24, 2.45) is 0 Å². The van der Waals surface area contributed by atoms with Gasteiger partial charge in [-0.25, -0.2) is 13.8 Å². The fourth-order valence-corrected chi connectivity index (χ4v) is 1.46. The van der Waals surface area contributed by atoms with Gasteiger partial charge in [0.1, 0.15) is 15.1 Å². The molecular formula is C7H5ClF2INO. The summed E-state index contributed by atoms with van der Waals surface area (Å²) in [7, 11) is 0. The third-order valence-corrected chi connectivity index (χ3v) is 2.50. The van der Waals surface area contributed by atoms with Crippen LogP contribution in [0.1, 0.15) is 17.7 Å². The van der Waals surface area contributed by atoms with Gasteiger partial charge in [0.25, 0.3) is 6.43 Å². The summed E-state index contributed by atoms with van der Waals surface area (Å²) in [5, 5.41) is 9.16. The maximum atomic E-state index is 12.3. The van der Waals surface area contributed by atoms with Crippen molar-refractivity contribution in [2.75, 3.05) is 0 Å². The number of rotatable bonds is 2. The minimum absolute atomic E-state index is 0.0862. The minimum atomic E-state index is -2.66. The molecule has 0 fully saturated rings. The van der Waals surface area contributed by atoms with Crippen LogP contribution in [-0.4, -0.2) is 10.1 Å². The van der Waals surface area contributed by atoms with E-state index < -0.39 is 6.43 Å². The molecule has 0 atom stereocenters. The second-order valence-corrected chi connectivity index (χ2v) is 3.57. The Morgan fingerprint density at radius 2 is 2.23 bits per heavy atom. The molecule has 1 aromatic heterocycles. The molecule has 0 saturated carbocycles. The first kappa shape index (κ1) is 10.9. The normalized spacial score (nSPS) is 10.8. The van der Waals surface area contributed by atoms with Gasteiger partial charge in [0.2, 0.25) is 0 Å². The Morgan fingerprint density at radius 1 is 1.62 bits per heavy atom. The number of alkyl halides is 3. The van der Waals surface area contributed by atoms with Crippen molar-refractivity contribution in [1.29, 1.82) is 0 Å². The summed E-state index contributed by atoms with van der Waals surface area (Å²) in [4.78, 5) is 3.55. The van der Waals surface area contributed by atoms with Crippen LogP contribution in [0.5, 0.6) is 5.75 Å². The average Bonchev–Trinajstić information content (AvgIpc) is 2.08. The molecule has 2 nitrogen and oxygen atoms in total. The number of aromatic hydroxyl groups is 1. The van der Waals surface area contributed by atoms with Crippen molar-refractivity contribution in [3.05, 3.63) is 21.0 Å². The average molecular weight is 319 g/mol. The fourth-order valence-electron chi connectivity index (χ4n) is 0.829. The molecule has 0 radical (unpaired) electrons. The summed E-state index contributed by atoms with van der Waals surface area (Å²) in [5.41, 5.74) is -0.202. The molecule has 0 unspecified atom stereocenters. The van der Waals surface area contributed by atoms with Gasteiger partial charge in [-0.3, -0.25) is 0 Å². The van der Waals surface area contributed by atoms with E-state index in [9.17, 15) is 8.78 Å². The van der Waals surface area contributed by atoms with Gasteiger partial charge in [-0.1, -0.05) is 0 Å². The Morgan fingerprint density at radius 3 is 2.69 bits per heavy atom. The van der Waals surface area contributed by atoms with Gasteiger partial charge in [0.15, 0.2) is 0 Å². The van der Waals surface area contributed by atoms with Crippen molar-refractivity contribution < 1.29 is 13.9 Å². The van der Waals surface area contributed by atoms with Crippen LogP contribution >= 0.6 is 34.2 Å². The van der Waals surface area contributed by atoms with Gasteiger partial charge < -0.3 is 5.11 Å². The SMILES string of the molecule is Oc1cc(CCl)c(C(F)F)nc1I. The molecule has 72 valence electrons. The van der Waals surface area contributed by atoms with Crippen LogP contribution in [0, 0.1) is 3.70 Å². The number of hydrogen-bond acceptors (Lipinski definition) is 2. The van der Waals surface area contributed by atoms with E-state index in [1.807, 2.05) is 0 Å². The summed E-state index contributed by atoms with van der Waals surface area (Å²) in [6.45, 7) is 0. The molecule has 1 N–H and O–H groups in total. The molecule has 0 saturated heterocycles. The monoisotopic (exact) mass is 319 g/mol. The van der Waals surface area contributed by atoms with Gasteiger partial charge in [0.05, 0.1) is 0 Å². The second-order valence-electron chi connectivity index (χ2n) is 2.28. The highest BCUT2D eigenvalue weighted by molar-refractivity contribution is 14.1. The molecule has 0 aliphatic carbocycles. The van der Waals surface area contributed by atoms with Crippen LogP contribution < -0.4 is 0 Å². The predicted octanol–water partition coefficient (Wildman–Crippen LogP) is 3.07. The Hall–Kier alpha value is -0.170. The van der Waals surface area contributed by atoms with Gasteiger partial charge in [-0.15, -0.1) is 11.6 Å². The van der Waals surface area contributed by atoms with Crippen LogP contribution in [0.2, 0.25) is 0 Å². The lowest BCUT2D eigenvalue weighted by atomic mass is 10.2. The van der Waals surface area contributed by atoms with E-state index in [1.54, 1.807) is 22.6 Å². The summed E-state index contributed by atoms with van der Waals surface area (Å²) in [6, 6.07) is 1.21. The molecule has 0 aliphatic heterocycles. The first-order valence-corrected chi connectivity index (χ1v) is 4.90. The van der Waals surface area contributed by atoms with Crippen molar-refractivity contribution in [3.8, 4) is 5.75 Å². The smallest absolute Gasteiger partial charge is 0.280 e. The predicted molar refractivity (Wildman–Crippen MR) is 53.1 cm³/mol. The molecule has 1 aromatic rings. The molecule has 1 heterocycles. The molecule has 1 rings (SSSR count). The standard InChI is InChI=1S/C7H5ClF2INO/c8-2-3-1-4(13)7(11)12-5(3)6(9)10/h1,6,13H,2H2. The third-order valence-electron chi connectivity index (χ3n) is 1.42. The third kappa shape index (κ3) is 2.40. The molecule has 6 heteroatoms.